The maximum absolute atomic E-state index is 10.4. The molecule has 0 heterocycles. The number of nitroso groups, excluding NO2 is 1. The van der Waals surface area contributed by atoms with Crippen molar-refractivity contribution in [1.29, 1.82) is 0 Å². The highest BCUT2D eigenvalue weighted by molar-refractivity contribution is 6.03. The first-order chi connectivity index (χ1) is 6.85. The number of fused-ring (bicyclic) bond motifs is 1. The highest BCUT2D eigenvalue weighted by atomic mass is 16.3. The summed E-state index contributed by atoms with van der Waals surface area (Å²) in [6, 6.07) is 5.59. The van der Waals surface area contributed by atoms with Gasteiger partial charge in [-0.1, -0.05) is 6.07 Å². The van der Waals surface area contributed by atoms with Crippen molar-refractivity contribution in [3.63, 3.8) is 0 Å². The van der Waals surface area contributed by atoms with Gasteiger partial charge in [-0.15, -0.1) is 4.91 Å². The first-order valence-corrected chi connectivity index (χ1v) is 4.77. The van der Waals surface area contributed by atoms with Gasteiger partial charge in [0, 0.05) is 18.3 Å². The first-order valence-electron chi connectivity index (χ1n) is 4.77. The van der Waals surface area contributed by atoms with Gasteiger partial charge < -0.3 is 0 Å². The second kappa shape index (κ2) is 3.70. The van der Waals surface area contributed by atoms with Crippen molar-refractivity contribution >= 4 is 11.4 Å². The van der Waals surface area contributed by atoms with Gasteiger partial charge in [0.05, 0.1) is 0 Å². The van der Waals surface area contributed by atoms with E-state index in [-0.39, 0.29) is 0 Å². The van der Waals surface area contributed by atoms with Gasteiger partial charge in [0.15, 0.2) is 0 Å². The summed E-state index contributed by atoms with van der Waals surface area (Å²) in [6.45, 7) is 0. The van der Waals surface area contributed by atoms with E-state index in [1.54, 1.807) is 13.1 Å². The van der Waals surface area contributed by atoms with Crippen LogP contribution in [-0.2, 0) is 6.42 Å². The Hall–Kier alpha value is -1.51. The Morgan fingerprint density at radius 1 is 1.29 bits per heavy atom. The van der Waals surface area contributed by atoms with Crippen molar-refractivity contribution in [3.8, 4) is 0 Å². The molecule has 0 atom stereocenters. The summed E-state index contributed by atoms with van der Waals surface area (Å²) in [7, 11) is 1.80. The van der Waals surface area contributed by atoms with Crippen LogP contribution in [-0.4, -0.2) is 12.8 Å². The molecule has 0 N–H and O–H groups in total. The van der Waals surface area contributed by atoms with Crippen LogP contribution in [0.25, 0.3) is 0 Å². The fourth-order valence-electron chi connectivity index (χ4n) is 1.92. The minimum Gasteiger partial charge on any atom is -0.292 e. The average molecular weight is 188 g/mol. The molecule has 0 unspecified atom stereocenters. The van der Waals surface area contributed by atoms with Gasteiger partial charge in [-0.25, -0.2) is 0 Å². The second-order valence-corrected chi connectivity index (χ2v) is 3.46. The summed E-state index contributed by atoms with van der Waals surface area (Å²) < 4.78 is 0. The fraction of sp³-hybridized carbons (Fsp3) is 0.364. The molecule has 0 saturated carbocycles. The van der Waals surface area contributed by atoms with Gasteiger partial charge in [-0.2, -0.15) is 0 Å². The van der Waals surface area contributed by atoms with Crippen molar-refractivity contribution in [3.05, 3.63) is 34.2 Å². The van der Waals surface area contributed by atoms with Gasteiger partial charge >= 0.3 is 0 Å². The third kappa shape index (κ3) is 1.45. The number of rotatable bonds is 1. The van der Waals surface area contributed by atoms with Crippen LogP contribution in [0.3, 0.4) is 0 Å². The molecule has 1 aliphatic rings. The average Bonchev–Trinajstić information content (AvgIpc) is 2.27. The van der Waals surface area contributed by atoms with E-state index in [2.05, 4.69) is 10.2 Å². The summed E-state index contributed by atoms with van der Waals surface area (Å²) in [6.07, 6.45) is 3.23. The van der Waals surface area contributed by atoms with Crippen molar-refractivity contribution in [2.75, 3.05) is 7.05 Å². The Morgan fingerprint density at radius 3 is 2.86 bits per heavy atom. The molecule has 0 aliphatic heterocycles. The molecule has 1 aromatic rings. The van der Waals surface area contributed by atoms with Crippen LogP contribution in [0.5, 0.6) is 0 Å². The van der Waals surface area contributed by atoms with Gasteiger partial charge in [-0.05, 0) is 42.1 Å². The third-order valence-corrected chi connectivity index (χ3v) is 2.64. The number of aryl methyl sites for hydroxylation is 1. The van der Waals surface area contributed by atoms with E-state index in [9.17, 15) is 4.91 Å². The van der Waals surface area contributed by atoms with Crippen LogP contribution >= 0.6 is 0 Å². The Morgan fingerprint density at radius 2 is 2.14 bits per heavy atom. The standard InChI is InChI=1S/C11H12N2O/c1-12-11-4-2-3-8-5-6-9(13-14)7-10(8)11/h5-7H,2-4H2,1H3/b12-11-. The molecule has 1 aliphatic carbocycles. The van der Waals surface area contributed by atoms with Crippen LogP contribution in [0, 0.1) is 4.91 Å². The SMILES string of the molecule is C/N=C1/CCCc2ccc(N=O)cc21. The highest BCUT2D eigenvalue weighted by Gasteiger charge is 2.15. The van der Waals surface area contributed by atoms with E-state index >= 15 is 0 Å². The van der Waals surface area contributed by atoms with Crippen LogP contribution in [0.15, 0.2) is 28.4 Å². The van der Waals surface area contributed by atoms with Crippen molar-refractivity contribution < 1.29 is 0 Å². The lowest BCUT2D eigenvalue weighted by atomic mass is 9.90. The molecule has 72 valence electrons. The lowest BCUT2D eigenvalue weighted by molar-refractivity contribution is 0.837. The molecule has 0 fully saturated rings. The molecule has 3 nitrogen and oxygen atoms in total. The molecule has 0 radical (unpaired) electrons. The Kier molecular flexibility index (Phi) is 2.39. The van der Waals surface area contributed by atoms with Crippen molar-refractivity contribution in [2.45, 2.75) is 19.3 Å². The second-order valence-electron chi connectivity index (χ2n) is 3.46. The number of hydrogen-bond acceptors (Lipinski definition) is 3. The lowest BCUT2D eigenvalue weighted by Crippen LogP contribution is -2.11. The molecule has 0 bridgehead atoms. The smallest absolute Gasteiger partial charge is 0.108 e. The number of nitrogens with zero attached hydrogens (tertiary/aromatic N) is 2. The van der Waals surface area contributed by atoms with Crippen molar-refractivity contribution in [2.24, 2.45) is 10.2 Å². The number of aliphatic imine (C=N–C) groups is 1. The van der Waals surface area contributed by atoms with E-state index in [1.807, 2.05) is 12.1 Å². The molecule has 14 heavy (non-hydrogen) atoms. The van der Waals surface area contributed by atoms with Crippen LogP contribution in [0.2, 0.25) is 0 Å². The molecule has 0 aromatic heterocycles. The Balaban J connectivity index is 2.54. The molecular formula is C11H12N2O. The van der Waals surface area contributed by atoms with E-state index < -0.39 is 0 Å². The molecule has 0 spiro atoms. The van der Waals surface area contributed by atoms with Crippen LogP contribution in [0.1, 0.15) is 24.0 Å². The zero-order valence-electron chi connectivity index (χ0n) is 8.16. The molecule has 2 rings (SSSR count). The van der Waals surface area contributed by atoms with Gasteiger partial charge in [0.25, 0.3) is 0 Å². The minimum absolute atomic E-state index is 0.492. The van der Waals surface area contributed by atoms with Gasteiger partial charge in [0.2, 0.25) is 0 Å². The zero-order valence-corrected chi connectivity index (χ0v) is 8.16. The van der Waals surface area contributed by atoms with E-state index in [0.717, 1.165) is 30.5 Å². The van der Waals surface area contributed by atoms with Crippen molar-refractivity contribution in [1.82, 2.24) is 0 Å². The number of benzene rings is 1. The summed E-state index contributed by atoms with van der Waals surface area (Å²) >= 11 is 0. The predicted octanol–water partition coefficient (Wildman–Crippen LogP) is 2.84. The molecule has 0 amide bonds. The largest absolute Gasteiger partial charge is 0.292 e. The summed E-state index contributed by atoms with van der Waals surface area (Å²) in [5.74, 6) is 0. The summed E-state index contributed by atoms with van der Waals surface area (Å²) in [4.78, 5) is 14.6. The summed E-state index contributed by atoms with van der Waals surface area (Å²) in [5.41, 5.74) is 3.98. The monoisotopic (exact) mass is 188 g/mol. The summed E-state index contributed by atoms with van der Waals surface area (Å²) in [5, 5.41) is 2.94. The molecule has 1 aromatic carbocycles. The quantitative estimate of drug-likeness (QED) is 0.625. The maximum Gasteiger partial charge on any atom is 0.108 e. The third-order valence-electron chi connectivity index (χ3n) is 2.64. The normalized spacial score (nSPS) is 17.9. The van der Waals surface area contributed by atoms with E-state index in [4.69, 9.17) is 0 Å². The molecule has 0 saturated heterocycles. The van der Waals surface area contributed by atoms with Crippen LogP contribution < -0.4 is 0 Å². The number of hydrogen-bond donors (Lipinski definition) is 0. The molecule has 3 heteroatoms. The molecular weight excluding hydrogens is 176 g/mol. The van der Waals surface area contributed by atoms with E-state index in [0.29, 0.717) is 5.69 Å². The zero-order chi connectivity index (χ0) is 9.97. The topological polar surface area (TPSA) is 41.8 Å². The van der Waals surface area contributed by atoms with Crippen LogP contribution in [0.4, 0.5) is 5.69 Å². The lowest BCUT2D eigenvalue weighted by Gasteiger charge is -2.17. The predicted molar refractivity (Wildman–Crippen MR) is 57.3 cm³/mol. The Bertz CT molecular complexity index is 396. The van der Waals surface area contributed by atoms with E-state index in [1.165, 1.54) is 5.56 Å². The fourth-order valence-corrected chi connectivity index (χ4v) is 1.92. The minimum atomic E-state index is 0.492. The maximum atomic E-state index is 10.4. The van der Waals surface area contributed by atoms with Gasteiger partial charge in [0.1, 0.15) is 5.69 Å². The van der Waals surface area contributed by atoms with Gasteiger partial charge in [-0.3, -0.25) is 4.99 Å². The Labute approximate surface area is 82.8 Å². The highest BCUT2D eigenvalue weighted by Crippen LogP contribution is 2.25. The first kappa shape index (κ1) is 9.06.